The van der Waals surface area contributed by atoms with E-state index in [-0.39, 0.29) is 49.0 Å². The van der Waals surface area contributed by atoms with E-state index in [0.717, 1.165) is 57.5 Å². The lowest BCUT2D eigenvalue weighted by molar-refractivity contribution is -0.126. The number of benzene rings is 1. The first-order valence-corrected chi connectivity index (χ1v) is 9.62. The molecule has 1 aliphatic heterocycles. The Kier molecular flexibility index (Phi) is 13.4. The molecule has 0 spiro atoms. The van der Waals surface area contributed by atoms with Gasteiger partial charge in [-0.1, -0.05) is 30.7 Å². The number of hydrogen-bond acceptors (Lipinski definition) is 4. The van der Waals surface area contributed by atoms with Gasteiger partial charge in [0.15, 0.2) is 0 Å². The minimum atomic E-state index is 0. The van der Waals surface area contributed by atoms with Crippen LogP contribution in [0.25, 0.3) is 0 Å². The van der Waals surface area contributed by atoms with Gasteiger partial charge in [0.05, 0.1) is 0 Å². The molecule has 1 saturated heterocycles. The molecule has 2 atom stereocenters. The molecule has 1 aromatic carbocycles. The predicted molar refractivity (Wildman–Crippen MR) is 123 cm³/mol. The van der Waals surface area contributed by atoms with E-state index in [1.54, 1.807) is 0 Å². The topological polar surface area (TPSA) is 61.6 Å². The third-order valence-electron chi connectivity index (χ3n) is 5.79. The summed E-state index contributed by atoms with van der Waals surface area (Å²) in [6, 6.07) is 8.66. The van der Waals surface area contributed by atoms with E-state index in [4.69, 9.17) is 5.73 Å². The van der Waals surface area contributed by atoms with Crippen molar-refractivity contribution in [2.75, 3.05) is 39.8 Å². The Morgan fingerprint density at radius 1 is 1.04 bits per heavy atom. The Hall–Kier alpha value is -0.560. The number of nitrogens with two attached hydrogens (primary N) is 1. The zero-order valence-corrected chi connectivity index (χ0v) is 19.1. The van der Waals surface area contributed by atoms with Crippen LogP contribution in [0.2, 0.25) is 0 Å². The summed E-state index contributed by atoms with van der Waals surface area (Å²) in [5.41, 5.74) is 8.29. The number of amides is 1. The van der Waals surface area contributed by atoms with Gasteiger partial charge >= 0.3 is 0 Å². The first kappa shape index (κ1) is 27.4. The van der Waals surface area contributed by atoms with Crippen LogP contribution in [0.15, 0.2) is 24.3 Å². The van der Waals surface area contributed by atoms with E-state index in [1.165, 1.54) is 5.56 Å². The lowest BCUT2D eigenvalue weighted by Crippen LogP contribution is -2.43. The van der Waals surface area contributed by atoms with Crippen LogP contribution in [0.3, 0.4) is 0 Å². The zero-order chi connectivity index (χ0) is 17.6. The number of likely N-dealkylation sites (N-methyl/N-ethyl adjacent to an activating group) is 1. The van der Waals surface area contributed by atoms with Crippen LogP contribution < -0.4 is 11.1 Å². The lowest BCUT2D eigenvalue weighted by atomic mass is 9.95. The molecule has 0 radical (unpaired) electrons. The number of carbonyl (C=O) groups excluding carboxylic acids is 1. The van der Waals surface area contributed by atoms with Crippen molar-refractivity contribution in [2.24, 2.45) is 17.6 Å². The van der Waals surface area contributed by atoms with Crippen molar-refractivity contribution < 1.29 is 4.79 Å². The van der Waals surface area contributed by atoms with Crippen molar-refractivity contribution in [3.05, 3.63) is 35.4 Å². The highest BCUT2D eigenvalue weighted by molar-refractivity contribution is 5.86. The van der Waals surface area contributed by atoms with Gasteiger partial charge in [0.2, 0.25) is 5.91 Å². The summed E-state index contributed by atoms with van der Waals surface area (Å²) in [5, 5.41) is 3.10. The molecule has 0 aromatic heterocycles. The van der Waals surface area contributed by atoms with Gasteiger partial charge in [-0.3, -0.25) is 9.69 Å². The highest BCUT2D eigenvalue weighted by Gasteiger charge is 2.31. The molecular formula is C20H35Cl3N4O. The Bertz CT molecular complexity index is 565. The Labute approximate surface area is 188 Å². The van der Waals surface area contributed by atoms with Gasteiger partial charge in [0.1, 0.15) is 0 Å². The van der Waals surface area contributed by atoms with Crippen molar-refractivity contribution in [1.82, 2.24) is 15.1 Å². The highest BCUT2D eigenvalue weighted by atomic mass is 35.5. The molecule has 0 unspecified atom stereocenters. The molecule has 2 fully saturated rings. The van der Waals surface area contributed by atoms with Crippen molar-refractivity contribution in [3.8, 4) is 0 Å². The fourth-order valence-electron chi connectivity index (χ4n) is 4.01. The number of nitrogens with one attached hydrogen (secondary N) is 1. The molecule has 1 saturated carbocycles. The van der Waals surface area contributed by atoms with E-state index in [0.29, 0.717) is 19.0 Å². The summed E-state index contributed by atoms with van der Waals surface area (Å²) in [6.45, 7) is 6.82. The fourth-order valence-corrected chi connectivity index (χ4v) is 4.01. The minimum absolute atomic E-state index is 0. The maximum Gasteiger partial charge on any atom is 0.223 e. The maximum absolute atomic E-state index is 12.4. The van der Waals surface area contributed by atoms with Gasteiger partial charge < -0.3 is 16.0 Å². The summed E-state index contributed by atoms with van der Waals surface area (Å²) in [6.07, 6.45) is 3.20. The van der Waals surface area contributed by atoms with E-state index >= 15 is 0 Å². The van der Waals surface area contributed by atoms with Gasteiger partial charge in [-0.05, 0) is 43.5 Å². The maximum atomic E-state index is 12.4. The fraction of sp³-hybridized carbons (Fsp3) is 0.650. The zero-order valence-electron chi connectivity index (χ0n) is 16.6. The number of hydrogen-bond donors (Lipinski definition) is 2. The van der Waals surface area contributed by atoms with Gasteiger partial charge in [-0.25, -0.2) is 0 Å². The molecule has 2 aliphatic rings. The summed E-state index contributed by atoms with van der Waals surface area (Å²) < 4.78 is 0. The third-order valence-corrected chi connectivity index (χ3v) is 5.79. The molecular weight excluding hydrogens is 419 g/mol. The van der Waals surface area contributed by atoms with Crippen LogP contribution >= 0.6 is 37.2 Å². The Balaban J connectivity index is 0.00000243. The first-order valence-electron chi connectivity index (χ1n) is 9.62. The molecule has 8 heteroatoms. The number of halogens is 3. The molecule has 3 N–H and O–H groups in total. The number of rotatable bonds is 6. The summed E-state index contributed by atoms with van der Waals surface area (Å²) in [5.74, 6) is 0.655. The number of nitrogens with zero attached hydrogens (tertiary/aromatic N) is 2. The third kappa shape index (κ3) is 7.69. The molecule has 1 aromatic rings. The average Bonchev–Trinajstić information content (AvgIpc) is 3.12. The van der Waals surface area contributed by atoms with Crippen LogP contribution in [0, 0.1) is 11.8 Å². The van der Waals surface area contributed by atoms with Crippen LogP contribution in [0.1, 0.15) is 30.4 Å². The van der Waals surface area contributed by atoms with Gasteiger partial charge in [-0.2, -0.15) is 0 Å². The van der Waals surface area contributed by atoms with E-state index in [9.17, 15) is 4.79 Å². The van der Waals surface area contributed by atoms with Crippen LogP contribution in [0.4, 0.5) is 0 Å². The minimum Gasteiger partial charge on any atom is -0.352 e. The van der Waals surface area contributed by atoms with E-state index in [2.05, 4.69) is 46.4 Å². The molecule has 1 aliphatic carbocycles. The molecule has 5 nitrogen and oxygen atoms in total. The quantitative estimate of drug-likeness (QED) is 0.695. The van der Waals surface area contributed by atoms with Crippen molar-refractivity contribution >= 4 is 43.1 Å². The second kappa shape index (κ2) is 13.6. The standard InChI is InChI=1S/C20H32N4O.3ClH/c1-23-9-11-24(12-10-23)15-17-7-5-16(6-8-17)14-22-20(25)19-4-2-3-18(19)13-21;;;/h5-8,18-19H,2-4,9-15,21H2,1H3,(H,22,25);3*1H/t18-,19-;;;/m1.../s1. The largest absolute Gasteiger partial charge is 0.352 e. The van der Waals surface area contributed by atoms with E-state index in [1.807, 2.05) is 0 Å². The van der Waals surface area contributed by atoms with Gasteiger partial charge in [0.25, 0.3) is 0 Å². The summed E-state index contributed by atoms with van der Waals surface area (Å²) in [7, 11) is 2.18. The van der Waals surface area contributed by atoms with Gasteiger partial charge in [0, 0.05) is 45.2 Å². The van der Waals surface area contributed by atoms with Crippen molar-refractivity contribution in [1.29, 1.82) is 0 Å². The van der Waals surface area contributed by atoms with Crippen molar-refractivity contribution in [2.45, 2.75) is 32.4 Å². The second-order valence-electron chi connectivity index (χ2n) is 7.65. The van der Waals surface area contributed by atoms with Crippen LogP contribution in [-0.2, 0) is 17.9 Å². The highest BCUT2D eigenvalue weighted by Crippen LogP contribution is 2.31. The van der Waals surface area contributed by atoms with Gasteiger partial charge in [-0.15, -0.1) is 37.2 Å². The molecule has 162 valence electrons. The monoisotopic (exact) mass is 452 g/mol. The summed E-state index contributed by atoms with van der Waals surface area (Å²) in [4.78, 5) is 17.2. The Morgan fingerprint density at radius 3 is 2.25 bits per heavy atom. The Morgan fingerprint density at radius 2 is 1.64 bits per heavy atom. The van der Waals surface area contributed by atoms with Crippen molar-refractivity contribution in [3.63, 3.8) is 0 Å². The second-order valence-corrected chi connectivity index (χ2v) is 7.65. The number of carbonyl (C=O) groups is 1. The SMILES string of the molecule is CN1CCN(Cc2ccc(CNC(=O)[C@@H]3CCC[C@@H]3CN)cc2)CC1.Cl.Cl.Cl. The smallest absolute Gasteiger partial charge is 0.223 e. The molecule has 28 heavy (non-hydrogen) atoms. The normalized spacial score (nSPS) is 22.5. The average molecular weight is 454 g/mol. The molecule has 1 heterocycles. The summed E-state index contributed by atoms with van der Waals surface area (Å²) >= 11 is 0. The first-order chi connectivity index (χ1) is 12.2. The van der Waals surface area contributed by atoms with Crippen LogP contribution in [0.5, 0.6) is 0 Å². The molecule has 0 bridgehead atoms. The number of piperazine rings is 1. The molecule has 1 amide bonds. The molecule has 3 rings (SSSR count). The van der Waals surface area contributed by atoms with E-state index < -0.39 is 0 Å². The predicted octanol–water partition coefficient (Wildman–Crippen LogP) is 2.69. The lowest BCUT2D eigenvalue weighted by Gasteiger charge is -2.32. The van der Waals surface area contributed by atoms with Crippen LogP contribution in [-0.4, -0.2) is 55.5 Å².